The molecule has 0 aromatic carbocycles. The maximum Gasteiger partial charge on any atom is 0.330 e. The van der Waals surface area contributed by atoms with E-state index in [1.54, 1.807) is 6.92 Å². The lowest BCUT2D eigenvalue weighted by atomic mass is 10.3. The van der Waals surface area contributed by atoms with Crippen molar-refractivity contribution < 1.29 is 54.9 Å². The molecule has 0 aliphatic carbocycles. The fraction of sp³-hybridized carbons (Fsp3) is 0.400. The van der Waals surface area contributed by atoms with Crippen molar-refractivity contribution in [2.75, 3.05) is 0 Å². The zero-order valence-electron chi connectivity index (χ0n) is 18.5. The van der Waals surface area contributed by atoms with Crippen LogP contribution < -0.4 is 0 Å². The number of carboxylic acid groups (broad SMARTS) is 4. The van der Waals surface area contributed by atoms with E-state index in [2.05, 4.69) is 26.3 Å². The van der Waals surface area contributed by atoms with Gasteiger partial charge in [0.25, 0.3) is 5.97 Å². The van der Waals surface area contributed by atoms with Gasteiger partial charge in [-0.15, -0.1) is 0 Å². The summed E-state index contributed by atoms with van der Waals surface area (Å²) >= 11 is 0. The van der Waals surface area contributed by atoms with Crippen LogP contribution in [0.1, 0.15) is 47.5 Å². The van der Waals surface area contributed by atoms with Crippen LogP contribution in [0, 0.1) is 0 Å². The molecule has 0 aromatic rings. The van der Waals surface area contributed by atoms with E-state index in [4.69, 9.17) is 35.7 Å². The Kier molecular flexibility index (Phi) is 26.5. The summed E-state index contributed by atoms with van der Waals surface area (Å²) in [6.45, 7) is 20.2. The second kappa shape index (κ2) is 21.4. The highest BCUT2D eigenvalue weighted by atomic mass is 16.7. The number of aliphatic carboxylic acids is 4. The number of hydrogen-bond donors (Lipinski definition) is 7. The summed E-state index contributed by atoms with van der Waals surface area (Å²) in [6, 6.07) is 0. The predicted molar refractivity (Wildman–Crippen MR) is 114 cm³/mol. The zero-order valence-corrected chi connectivity index (χ0v) is 18.5. The minimum atomic E-state index is -2.45. The first-order valence-corrected chi connectivity index (χ1v) is 8.36. The fourth-order valence-electron chi connectivity index (χ4n) is 0.335. The number of aliphatic hydroxyl groups is 3. The first-order chi connectivity index (χ1) is 13.6. The maximum absolute atomic E-state index is 9.60. The Morgan fingerprint density at radius 1 is 0.581 bits per heavy atom. The lowest BCUT2D eigenvalue weighted by molar-refractivity contribution is -0.314. The summed E-state index contributed by atoms with van der Waals surface area (Å²) in [5, 5.41) is 56.0. The van der Waals surface area contributed by atoms with Crippen LogP contribution in [0.15, 0.2) is 48.6 Å². The summed E-state index contributed by atoms with van der Waals surface area (Å²) in [6.07, 6.45) is 0.566. The number of rotatable bonds is 6. The van der Waals surface area contributed by atoms with E-state index in [0.717, 1.165) is 0 Å². The van der Waals surface area contributed by atoms with Crippen LogP contribution >= 0.6 is 0 Å². The van der Waals surface area contributed by atoms with Gasteiger partial charge >= 0.3 is 23.9 Å². The van der Waals surface area contributed by atoms with E-state index in [9.17, 15) is 19.2 Å². The van der Waals surface area contributed by atoms with Crippen LogP contribution in [0.2, 0.25) is 0 Å². The molecule has 0 spiro atoms. The van der Waals surface area contributed by atoms with Crippen LogP contribution in [0.5, 0.6) is 0 Å². The minimum absolute atomic E-state index is 0.00694. The first kappa shape index (κ1) is 38.3. The lowest BCUT2D eigenvalue weighted by Gasteiger charge is -2.10. The van der Waals surface area contributed by atoms with Crippen LogP contribution in [-0.2, 0) is 19.2 Å². The highest BCUT2D eigenvalue weighted by Gasteiger charge is 2.14. The molecule has 0 bridgehead atoms. The summed E-state index contributed by atoms with van der Waals surface area (Å²) in [5.74, 6) is -6.19. The molecule has 0 amide bonds. The second-order valence-corrected chi connectivity index (χ2v) is 5.87. The Labute approximate surface area is 181 Å². The second-order valence-electron chi connectivity index (χ2n) is 5.87. The third-order valence-corrected chi connectivity index (χ3v) is 2.05. The van der Waals surface area contributed by atoms with Crippen molar-refractivity contribution in [1.29, 1.82) is 0 Å². The fourth-order valence-corrected chi connectivity index (χ4v) is 0.335. The van der Waals surface area contributed by atoms with Crippen molar-refractivity contribution in [2.45, 2.75) is 53.4 Å². The Balaban J connectivity index is -0.0000000910. The molecular weight excluding hydrogens is 416 g/mol. The number of hydrogen-bond acceptors (Lipinski definition) is 7. The van der Waals surface area contributed by atoms with E-state index < -0.39 is 29.9 Å². The molecule has 0 rings (SSSR count). The van der Waals surface area contributed by atoms with Gasteiger partial charge in [-0.05, 0) is 34.1 Å². The van der Waals surface area contributed by atoms with Gasteiger partial charge < -0.3 is 35.7 Å². The Bertz CT molecular complexity index is 494. The molecule has 0 atom stereocenters. The van der Waals surface area contributed by atoms with E-state index in [1.807, 2.05) is 0 Å². The monoisotopic (exact) mass is 450 g/mol. The molecule has 0 aliphatic rings. The van der Waals surface area contributed by atoms with Gasteiger partial charge in [0.2, 0.25) is 0 Å². The maximum atomic E-state index is 9.60. The molecular formula is C20H34O11. The molecule has 0 fully saturated rings. The van der Waals surface area contributed by atoms with Gasteiger partial charge in [0, 0.05) is 28.7 Å². The molecule has 0 radical (unpaired) electrons. The SMILES string of the molecule is C=C(C)C(=O)O.C=C(C)C(=O)O.C=C(C)C(=O)O.C=C(C)C(=O)O.CCCC(O)(O)O. The standard InChI is InChI=1S/C4H10O3.4C4H6O2/c1-2-3-4(5,6)7;4*1-3(2)4(5)6/h5-7H,2-3H2,1H3;4*1H2,2H3,(H,5,6). The van der Waals surface area contributed by atoms with Crippen molar-refractivity contribution in [2.24, 2.45) is 0 Å². The normalized spacial score (nSPS) is 8.52. The molecule has 31 heavy (non-hydrogen) atoms. The van der Waals surface area contributed by atoms with Gasteiger partial charge in [-0.2, -0.15) is 0 Å². The molecule has 0 aromatic heterocycles. The molecule has 0 aliphatic heterocycles. The van der Waals surface area contributed by atoms with E-state index in [-0.39, 0.29) is 28.7 Å². The van der Waals surface area contributed by atoms with Crippen molar-refractivity contribution >= 4 is 23.9 Å². The van der Waals surface area contributed by atoms with Gasteiger partial charge in [-0.25, -0.2) is 19.2 Å². The summed E-state index contributed by atoms with van der Waals surface area (Å²) < 4.78 is 0. The van der Waals surface area contributed by atoms with Crippen molar-refractivity contribution in [3.05, 3.63) is 48.6 Å². The average molecular weight is 450 g/mol. The van der Waals surface area contributed by atoms with E-state index in [1.165, 1.54) is 27.7 Å². The van der Waals surface area contributed by atoms with Gasteiger partial charge in [0.15, 0.2) is 0 Å². The number of carboxylic acids is 4. The smallest absolute Gasteiger partial charge is 0.330 e. The highest BCUT2D eigenvalue weighted by Crippen LogP contribution is 2.01. The van der Waals surface area contributed by atoms with Crippen LogP contribution in [0.3, 0.4) is 0 Å². The first-order valence-electron chi connectivity index (χ1n) is 8.36. The Hall–Kier alpha value is -3.28. The molecule has 7 N–H and O–H groups in total. The largest absolute Gasteiger partial charge is 0.478 e. The van der Waals surface area contributed by atoms with Gasteiger partial charge in [-0.1, -0.05) is 33.2 Å². The molecule has 0 heterocycles. The molecule has 0 saturated heterocycles. The third-order valence-electron chi connectivity index (χ3n) is 2.05. The number of carbonyl (C=O) groups is 4. The molecule has 11 nitrogen and oxygen atoms in total. The molecule has 11 heteroatoms. The van der Waals surface area contributed by atoms with Gasteiger partial charge in [0.1, 0.15) is 0 Å². The third kappa shape index (κ3) is 58.4. The van der Waals surface area contributed by atoms with Crippen LogP contribution in [0.25, 0.3) is 0 Å². The van der Waals surface area contributed by atoms with Crippen molar-refractivity contribution in [3.63, 3.8) is 0 Å². The minimum Gasteiger partial charge on any atom is -0.478 e. The lowest BCUT2D eigenvalue weighted by Crippen LogP contribution is -2.26. The summed E-state index contributed by atoms with van der Waals surface area (Å²) in [5.41, 5.74) is 0.704. The topological polar surface area (TPSA) is 210 Å². The summed E-state index contributed by atoms with van der Waals surface area (Å²) in [4.78, 5) is 38.4. The molecule has 180 valence electrons. The quantitative estimate of drug-likeness (QED) is 0.230. The van der Waals surface area contributed by atoms with Gasteiger partial charge in [0.05, 0.1) is 0 Å². The van der Waals surface area contributed by atoms with E-state index in [0.29, 0.717) is 6.42 Å². The Morgan fingerprint density at radius 3 is 0.710 bits per heavy atom. The Morgan fingerprint density at radius 2 is 0.710 bits per heavy atom. The van der Waals surface area contributed by atoms with Crippen LogP contribution in [-0.4, -0.2) is 65.6 Å². The van der Waals surface area contributed by atoms with Crippen LogP contribution in [0.4, 0.5) is 0 Å². The molecule has 0 saturated carbocycles. The predicted octanol–water partition coefficient (Wildman–Crippen LogP) is 2.01. The zero-order chi connectivity index (χ0) is 26.5. The average Bonchev–Trinajstić information content (AvgIpc) is 2.55. The van der Waals surface area contributed by atoms with E-state index >= 15 is 0 Å². The van der Waals surface area contributed by atoms with Gasteiger partial charge in [-0.3, -0.25) is 0 Å². The summed E-state index contributed by atoms with van der Waals surface area (Å²) in [7, 11) is 0. The van der Waals surface area contributed by atoms with Crippen molar-refractivity contribution in [3.8, 4) is 0 Å². The van der Waals surface area contributed by atoms with Crippen molar-refractivity contribution in [1.82, 2.24) is 0 Å². The molecule has 0 unspecified atom stereocenters. The highest BCUT2D eigenvalue weighted by molar-refractivity contribution is 5.85.